The average molecular weight is 260 g/mol. The van der Waals surface area contributed by atoms with Gasteiger partial charge in [-0.15, -0.1) is 11.3 Å². The van der Waals surface area contributed by atoms with Crippen molar-refractivity contribution in [2.24, 2.45) is 0 Å². The summed E-state index contributed by atoms with van der Waals surface area (Å²) in [5.41, 5.74) is 3.86. The molecule has 2 rings (SSSR count). The summed E-state index contributed by atoms with van der Waals surface area (Å²) in [6.45, 7) is 2.18. The maximum Gasteiger partial charge on any atom is 0.0693 e. The van der Waals surface area contributed by atoms with Crippen LogP contribution in [0.4, 0.5) is 5.69 Å². The van der Waals surface area contributed by atoms with Crippen LogP contribution < -0.4 is 5.32 Å². The van der Waals surface area contributed by atoms with E-state index in [2.05, 4.69) is 66.9 Å². The predicted octanol–water partition coefficient (Wildman–Crippen LogP) is 3.75. The van der Waals surface area contributed by atoms with E-state index in [1.807, 2.05) is 18.4 Å². The first-order chi connectivity index (χ1) is 8.63. The van der Waals surface area contributed by atoms with Crippen LogP contribution in [-0.2, 0) is 0 Å². The molecule has 0 saturated heterocycles. The van der Waals surface area contributed by atoms with Crippen molar-refractivity contribution < 1.29 is 0 Å². The van der Waals surface area contributed by atoms with Crippen molar-refractivity contribution in [1.82, 2.24) is 4.90 Å². The summed E-state index contributed by atoms with van der Waals surface area (Å²) in [7, 11) is 6.22. The second-order valence-electron chi connectivity index (χ2n) is 4.71. The van der Waals surface area contributed by atoms with Gasteiger partial charge < -0.3 is 5.32 Å². The van der Waals surface area contributed by atoms with E-state index in [4.69, 9.17) is 0 Å². The molecule has 1 unspecified atom stereocenters. The third-order valence-electron chi connectivity index (χ3n) is 3.18. The maximum absolute atomic E-state index is 3.16. The molecule has 0 bridgehead atoms. The lowest BCUT2D eigenvalue weighted by atomic mass is 10.0. The quantitative estimate of drug-likeness (QED) is 0.900. The molecule has 0 saturated carbocycles. The first-order valence-electron chi connectivity index (χ1n) is 6.11. The van der Waals surface area contributed by atoms with Gasteiger partial charge >= 0.3 is 0 Å². The Hall–Kier alpha value is -1.32. The fraction of sp³-hybridized carbons (Fsp3) is 0.333. The number of anilines is 1. The van der Waals surface area contributed by atoms with Crippen molar-refractivity contribution in [3.63, 3.8) is 0 Å². The third-order valence-corrected chi connectivity index (χ3v) is 4.25. The van der Waals surface area contributed by atoms with Gasteiger partial charge in [-0.1, -0.05) is 12.1 Å². The second-order valence-corrected chi connectivity index (χ2v) is 5.65. The van der Waals surface area contributed by atoms with E-state index < -0.39 is 0 Å². The van der Waals surface area contributed by atoms with Gasteiger partial charge in [0.05, 0.1) is 6.04 Å². The summed E-state index contributed by atoms with van der Waals surface area (Å²) < 4.78 is 0. The number of hydrogen-bond acceptors (Lipinski definition) is 3. The fourth-order valence-electron chi connectivity index (χ4n) is 2.18. The Morgan fingerprint density at radius 1 is 1.11 bits per heavy atom. The van der Waals surface area contributed by atoms with Crippen LogP contribution in [0.1, 0.15) is 22.0 Å². The number of thiophene rings is 1. The Morgan fingerprint density at radius 3 is 2.22 bits per heavy atom. The van der Waals surface area contributed by atoms with Crippen LogP contribution in [-0.4, -0.2) is 26.0 Å². The Balaban J connectivity index is 2.39. The molecule has 3 heteroatoms. The van der Waals surface area contributed by atoms with Crippen molar-refractivity contribution in [3.8, 4) is 0 Å². The first kappa shape index (κ1) is 13.1. The average Bonchev–Trinajstić information content (AvgIpc) is 2.76. The molecule has 1 aromatic carbocycles. The summed E-state index contributed by atoms with van der Waals surface area (Å²) in [4.78, 5) is 3.70. The molecule has 1 aromatic heterocycles. The Bertz CT molecular complexity index is 499. The number of nitrogens with zero attached hydrogens (tertiary/aromatic N) is 1. The fourth-order valence-corrected chi connectivity index (χ4v) is 3.33. The largest absolute Gasteiger partial charge is 0.388 e. The minimum atomic E-state index is 0.343. The minimum absolute atomic E-state index is 0.343. The monoisotopic (exact) mass is 260 g/mol. The maximum atomic E-state index is 3.16. The molecule has 1 atom stereocenters. The SMILES string of the molecule is CNc1ccc(C(c2sccc2C)N(C)C)cc1. The van der Waals surface area contributed by atoms with E-state index in [1.54, 1.807) is 0 Å². The van der Waals surface area contributed by atoms with E-state index >= 15 is 0 Å². The number of rotatable bonds is 4. The zero-order chi connectivity index (χ0) is 13.1. The third kappa shape index (κ3) is 2.57. The summed E-state index contributed by atoms with van der Waals surface area (Å²) in [5, 5.41) is 5.33. The molecule has 0 aliphatic heterocycles. The van der Waals surface area contributed by atoms with E-state index in [-0.39, 0.29) is 0 Å². The summed E-state index contributed by atoms with van der Waals surface area (Å²) in [6.07, 6.45) is 0. The highest BCUT2D eigenvalue weighted by Crippen LogP contribution is 2.33. The molecule has 0 fully saturated rings. The zero-order valence-corrected chi connectivity index (χ0v) is 12.2. The highest BCUT2D eigenvalue weighted by molar-refractivity contribution is 7.10. The van der Waals surface area contributed by atoms with Gasteiger partial charge in [0.1, 0.15) is 0 Å². The van der Waals surface area contributed by atoms with Crippen LogP contribution in [0.25, 0.3) is 0 Å². The number of aryl methyl sites for hydroxylation is 1. The number of benzene rings is 1. The Kier molecular flexibility index (Phi) is 4.04. The van der Waals surface area contributed by atoms with Gasteiger partial charge in [0.2, 0.25) is 0 Å². The van der Waals surface area contributed by atoms with Crippen LogP contribution in [0.3, 0.4) is 0 Å². The van der Waals surface area contributed by atoms with Crippen molar-refractivity contribution in [2.45, 2.75) is 13.0 Å². The second kappa shape index (κ2) is 5.55. The summed E-state index contributed by atoms with van der Waals surface area (Å²) >= 11 is 1.83. The molecule has 96 valence electrons. The lowest BCUT2D eigenvalue weighted by molar-refractivity contribution is 0.345. The summed E-state index contributed by atoms with van der Waals surface area (Å²) in [6, 6.07) is 11.2. The lowest BCUT2D eigenvalue weighted by Crippen LogP contribution is -2.20. The van der Waals surface area contributed by atoms with Crippen molar-refractivity contribution >= 4 is 17.0 Å². The topological polar surface area (TPSA) is 15.3 Å². The Labute approximate surface area is 113 Å². The molecular weight excluding hydrogens is 240 g/mol. The van der Waals surface area contributed by atoms with Gasteiger partial charge in [0.25, 0.3) is 0 Å². The van der Waals surface area contributed by atoms with E-state index in [9.17, 15) is 0 Å². The molecule has 1 heterocycles. The molecule has 0 aliphatic rings. The van der Waals surface area contributed by atoms with Crippen LogP contribution in [0.15, 0.2) is 35.7 Å². The normalized spacial score (nSPS) is 12.7. The molecule has 2 nitrogen and oxygen atoms in total. The minimum Gasteiger partial charge on any atom is -0.388 e. The predicted molar refractivity (Wildman–Crippen MR) is 80.6 cm³/mol. The van der Waals surface area contributed by atoms with Gasteiger partial charge in [-0.2, -0.15) is 0 Å². The summed E-state index contributed by atoms with van der Waals surface area (Å²) in [5.74, 6) is 0. The van der Waals surface area contributed by atoms with Gasteiger partial charge in [0.15, 0.2) is 0 Å². The number of hydrogen-bond donors (Lipinski definition) is 1. The van der Waals surface area contributed by atoms with Gasteiger partial charge in [-0.25, -0.2) is 0 Å². The molecule has 0 spiro atoms. The zero-order valence-electron chi connectivity index (χ0n) is 11.4. The lowest BCUT2D eigenvalue weighted by Gasteiger charge is -2.25. The van der Waals surface area contributed by atoms with Crippen LogP contribution >= 0.6 is 11.3 Å². The molecule has 1 N–H and O–H groups in total. The van der Waals surface area contributed by atoms with Crippen LogP contribution in [0.2, 0.25) is 0 Å². The molecule has 0 amide bonds. The van der Waals surface area contributed by atoms with Crippen molar-refractivity contribution in [1.29, 1.82) is 0 Å². The van der Waals surface area contributed by atoms with Gasteiger partial charge in [-0.05, 0) is 55.7 Å². The first-order valence-corrected chi connectivity index (χ1v) is 6.99. The van der Waals surface area contributed by atoms with E-state index in [0.717, 1.165) is 5.69 Å². The van der Waals surface area contributed by atoms with Crippen molar-refractivity contribution in [2.75, 3.05) is 26.5 Å². The molecule has 0 radical (unpaired) electrons. The van der Waals surface area contributed by atoms with Crippen LogP contribution in [0.5, 0.6) is 0 Å². The Morgan fingerprint density at radius 2 is 1.78 bits per heavy atom. The number of nitrogens with one attached hydrogen (secondary N) is 1. The molecule has 2 aromatic rings. The van der Waals surface area contributed by atoms with Crippen molar-refractivity contribution in [3.05, 3.63) is 51.7 Å². The highest BCUT2D eigenvalue weighted by atomic mass is 32.1. The molecule has 0 aliphatic carbocycles. The van der Waals surface area contributed by atoms with Gasteiger partial charge in [0, 0.05) is 17.6 Å². The highest BCUT2D eigenvalue weighted by Gasteiger charge is 2.19. The van der Waals surface area contributed by atoms with E-state index in [0.29, 0.717) is 6.04 Å². The van der Waals surface area contributed by atoms with Gasteiger partial charge in [-0.3, -0.25) is 4.90 Å². The molecular formula is C15H20N2S. The standard InChI is InChI=1S/C15H20N2S/c1-11-9-10-18-15(11)14(17(3)4)12-5-7-13(16-2)8-6-12/h5-10,14,16H,1-4H3. The van der Waals surface area contributed by atoms with E-state index in [1.165, 1.54) is 16.0 Å². The molecule has 18 heavy (non-hydrogen) atoms. The van der Waals surface area contributed by atoms with Crippen LogP contribution in [0, 0.1) is 6.92 Å². The smallest absolute Gasteiger partial charge is 0.0693 e.